The first kappa shape index (κ1) is 20.1. The zero-order chi connectivity index (χ0) is 21.2. The number of non-ortho nitro benzene ring substituents is 1. The van der Waals surface area contributed by atoms with Crippen molar-refractivity contribution in [2.24, 2.45) is 0 Å². The van der Waals surface area contributed by atoms with Gasteiger partial charge < -0.3 is 9.72 Å². The summed E-state index contributed by atoms with van der Waals surface area (Å²) in [5.41, 5.74) is 0.196. The number of esters is 1. The molecule has 0 aliphatic carbocycles. The van der Waals surface area contributed by atoms with Crippen LogP contribution in [-0.4, -0.2) is 22.5 Å². The molecule has 0 saturated carbocycles. The van der Waals surface area contributed by atoms with E-state index in [-0.39, 0.29) is 29.0 Å². The number of hydrogen-bond acceptors (Lipinski definition) is 4. The van der Waals surface area contributed by atoms with Crippen molar-refractivity contribution in [2.45, 2.75) is 13.1 Å². The third kappa shape index (κ3) is 4.29. The largest absolute Gasteiger partial charge is 0.462 e. The van der Waals surface area contributed by atoms with Crippen LogP contribution in [0.4, 0.5) is 18.9 Å². The summed E-state index contributed by atoms with van der Waals surface area (Å²) in [6, 6.07) is 9.91. The molecule has 0 aliphatic rings. The molecule has 0 fully saturated rings. The molecule has 0 saturated heterocycles. The fraction of sp³-hybridized carbons (Fsp3) is 0.150. The Morgan fingerprint density at radius 2 is 1.90 bits per heavy atom. The molecule has 1 N–H and O–H groups in total. The third-order valence-corrected chi connectivity index (χ3v) is 4.20. The highest BCUT2D eigenvalue weighted by Gasteiger charge is 2.31. The van der Waals surface area contributed by atoms with Gasteiger partial charge in [0.2, 0.25) is 0 Å². The zero-order valence-electron chi connectivity index (χ0n) is 15.1. The Balaban J connectivity index is 2.16. The molecule has 150 valence electrons. The quantitative estimate of drug-likeness (QED) is 0.348. The minimum Gasteiger partial charge on any atom is -0.462 e. The Kier molecular flexibility index (Phi) is 5.40. The normalized spacial score (nSPS) is 11.3. The Hall–Kier alpha value is -3.62. The van der Waals surface area contributed by atoms with Crippen LogP contribution in [0, 0.1) is 10.1 Å². The molecule has 6 nitrogen and oxygen atoms in total. The van der Waals surface area contributed by atoms with Crippen molar-refractivity contribution in [3.63, 3.8) is 0 Å². The first-order chi connectivity index (χ1) is 13.7. The Labute approximate surface area is 163 Å². The van der Waals surface area contributed by atoms with Gasteiger partial charge in [-0.15, -0.1) is 0 Å². The Bertz CT molecular complexity index is 1070. The second-order valence-electron chi connectivity index (χ2n) is 6.09. The molecule has 0 aliphatic heterocycles. The summed E-state index contributed by atoms with van der Waals surface area (Å²) in [6.45, 7) is 1.83. The first-order valence-electron chi connectivity index (χ1n) is 8.52. The summed E-state index contributed by atoms with van der Waals surface area (Å²) in [7, 11) is 0. The number of nitrogens with zero attached hydrogens (tertiary/aromatic N) is 1. The van der Waals surface area contributed by atoms with E-state index in [0.717, 1.165) is 12.1 Å². The van der Waals surface area contributed by atoms with Gasteiger partial charge in [0.1, 0.15) is 0 Å². The van der Waals surface area contributed by atoms with E-state index in [2.05, 4.69) is 4.98 Å². The molecule has 2 aromatic carbocycles. The molecule has 1 heterocycles. The number of halogens is 3. The first-order valence-corrected chi connectivity index (χ1v) is 8.52. The van der Waals surface area contributed by atoms with Gasteiger partial charge in [0.25, 0.3) is 5.69 Å². The fourth-order valence-electron chi connectivity index (χ4n) is 2.86. The lowest BCUT2D eigenvalue weighted by Gasteiger charge is -2.13. The van der Waals surface area contributed by atoms with Crippen LogP contribution in [0.2, 0.25) is 0 Å². The number of aromatic nitrogens is 1. The van der Waals surface area contributed by atoms with E-state index in [0.29, 0.717) is 11.3 Å². The van der Waals surface area contributed by atoms with E-state index in [4.69, 9.17) is 4.74 Å². The van der Waals surface area contributed by atoms with E-state index < -0.39 is 22.6 Å². The number of nitro benzene ring substituents is 1. The van der Waals surface area contributed by atoms with Crippen LogP contribution in [-0.2, 0) is 10.9 Å². The van der Waals surface area contributed by atoms with Crippen LogP contribution in [0.5, 0.6) is 0 Å². The van der Waals surface area contributed by atoms with Gasteiger partial charge in [-0.1, -0.05) is 18.2 Å². The topological polar surface area (TPSA) is 85.2 Å². The van der Waals surface area contributed by atoms with Crippen molar-refractivity contribution in [1.29, 1.82) is 0 Å². The molecule has 0 bridgehead atoms. The average molecular weight is 404 g/mol. The number of hydrogen-bond donors (Lipinski definition) is 1. The van der Waals surface area contributed by atoms with E-state index in [9.17, 15) is 28.1 Å². The van der Waals surface area contributed by atoms with Gasteiger partial charge in [0.05, 0.1) is 22.7 Å². The van der Waals surface area contributed by atoms with Gasteiger partial charge in [-0.3, -0.25) is 10.1 Å². The maximum Gasteiger partial charge on any atom is 0.416 e. The second kappa shape index (κ2) is 7.78. The molecule has 0 spiro atoms. The Morgan fingerprint density at radius 1 is 1.14 bits per heavy atom. The second-order valence-corrected chi connectivity index (χ2v) is 6.09. The molecule has 29 heavy (non-hydrogen) atoms. The predicted octanol–water partition coefficient (Wildman–Crippen LogP) is 5.45. The molecular formula is C20H15F3N2O4. The molecule has 0 radical (unpaired) electrons. The average Bonchev–Trinajstić information content (AvgIpc) is 3.17. The number of carbonyl (C=O) groups excluding carboxylic acids is 1. The zero-order valence-corrected chi connectivity index (χ0v) is 15.1. The lowest BCUT2D eigenvalue weighted by molar-refractivity contribution is -0.384. The highest BCUT2D eigenvalue weighted by atomic mass is 19.4. The molecular weight excluding hydrogens is 389 g/mol. The molecule has 0 atom stereocenters. The number of benzene rings is 2. The highest BCUT2D eigenvalue weighted by molar-refractivity contribution is 5.92. The minimum atomic E-state index is -4.58. The van der Waals surface area contributed by atoms with Crippen LogP contribution < -0.4 is 0 Å². The van der Waals surface area contributed by atoms with Gasteiger partial charge in [-0.25, -0.2) is 4.79 Å². The van der Waals surface area contributed by atoms with Gasteiger partial charge >= 0.3 is 12.1 Å². The van der Waals surface area contributed by atoms with Crippen molar-refractivity contribution in [2.75, 3.05) is 6.61 Å². The van der Waals surface area contributed by atoms with Crippen molar-refractivity contribution in [1.82, 2.24) is 4.98 Å². The van der Waals surface area contributed by atoms with Crippen LogP contribution in [0.1, 0.15) is 22.8 Å². The minimum absolute atomic E-state index is 0.140. The van der Waals surface area contributed by atoms with Crippen molar-refractivity contribution in [3.8, 4) is 22.4 Å². The maximum absolute atomic E-state index is 13.2. The van der Waals surface area contributed by atoms with Gasteiger partial charge in [-0.05, 0) is 36.2 Å². The number of H-pyrrole nitrogens is 1. The van der Waals surface area contributed by atoms with E-state index in [1.54, 1.807) is 6.92 Å². The molecule has 1 aromatic heterocycles. The number of carbonyl (C=O) groups is 1. The summed E-state index contributed by atoms with van der Waals surface area (Å²) >= 11 is 0. The van der Waals surface area contributed by atoms with Crippen LogP contribution in [0.3, 0.4) is 0 Å². The van der Waals surface area contributed by atoms with Crippen LogP contribution in [0.15, 0.2) is 54.7 Å². The fourth-order valence-corrected chi connectivity index (χ4v) is 2.86. The number of aromatic amines is 1. The maximum atomic E-state index is 13.2. The molecule has 0 unspecified atom stereocenters. The van der Waals surface area contributed by atoms with Gasteiger partial charge in [0.15, 0.2) is 0 Å². The van der Waals surface area contributed by atoms with E-state index >= 15 is 0 Å². The monoisotopic (exact) mass is 404 g/mol. The van der Waals surface area contributed by atoms with E-state index in [1.165, 1.54) is 42.6 Å². The summed E-state index contributed by atoms with van der Waals surface area (Å²) in [4.78, 5) is 25.2. The standard InChI is InChI=1S/C20H15F3N2O4/c1-2-29-19(26)13-9-18(24-11-13)16-7-6-14(20(21,22)23)10-17(16)12-4-3-5-15(8-12)25(27)28/h3-11,24H,2H2,1H3. The molecule has 3 rings (SSSR count). The summed E-state index contributed by atoms with van der Waals surface area (Å²) in [5.74, 6) is -0.571. The molecule has 9 heteroatoms. The Morgan fingerprint density at radius 3 is 2.55 bits per heavy atom. The van der Waals surface area contributed by atoms with Gasteiger partial charge in [0, 0.05) is 29.6 Å². The smallest absolute Gasteiger partial charge is 0.416 e. The number of nitro groups is 1. The molecule has 3 aromatic rings. The summed E-state index contributed by atoms with van der Waals surface area (Å²) in [5, 5.41) is 11.1. The van der Waals surface area contributed by atoms with E-state index in [1.807, 2.05) is 0 Å². The molecule has 0 amide bonds. The SMILES string of the molecule is CCOC(=O)c1c[nH]c(-c2ccc(C(F)(F)F)cc2-c2cccc([N+](=O)[O-])c2)c1. The number of nitrogens with one attached hydrogen (secondary N) is 1. The van der Waals surface area contributed by atoms with Crippen LogP contribution in [0.25, 0.3) is 22.4 Å². The highest BCUT2D eigenvalue weighted by Crippen LogP contribution is 2.38. The van der Waals surface area contributed by atoms with Crippen molar-refractivity contribution >= 4 is 11.7 Å². The third-order valence-electron chi connectivity index (χ3n) is 4.20. The summed E-state index contributed by atoms with van der Waals surface area (Å²) < 4.78 is 44.6. The number of alkyl halides is 3. The van der Waals surface area contributed by atoms with Crippen molar-refractivity contribution in [3.05, 3.63) is 76.0 Å². The number of ether oxygens (including phenoxy) is 1. The van der Waals surface area contributed by atoms with Crippen molar-refractivity contribution < 1.29 is 27.6 Å². The van der Waals surface area contributed by atoms with Gasteiger partial charge in [-0.2, -0.15) is 13.2 Å². The predicted molar refractivity (Wildman–Crippen MR) is 99.3 cm³/mol. The van der Waals surface area contributed by atoms with Crippen LogP contribution >= 0.6 is 0 Å². The summed E-state index contributed by atoms with van der Waals surface area (Å²) in [6.07, 6.45) is -3.19. The number of rotatable bonds is 5. The lowest BCUT2D eigenvalue weighted by atomic mass is 9.95. The lowest BCUT2D eigenvalue weighted by Crippen LogP contribution is -2.05.